The Hall–Kier alpha value is -2.90. The first kappa shape index (κ1) is 23.8. The first-order valence-corrected chi connectivity index (χ1v) is 11.0. The minimum atomic E-state index is -0.590. The molecule has 0 aliphatic carbocycles. The molecule has 0 amide bonds. The number of rotatable bonds is 9. The van der Waals surface area contributed by atoms with Crippen LogP contribution in [0.1, 0.15) is 40.2 Å². The number of nitrogens with zero attached hydrogens (tertiary/aromatic N) is 3. The fraction of sp³-hybridized carbons (Fsp3) is 0.440. The van der Waals surface area contributed by atoms with E-state index in [0.717, 1.165) is 22.8 Å². The van der Waals surface area contributed by atoms with Crippen LogP contribution in [0.4, 0.5) is 5.69 Å². The maximum atomic E-state index is 10.1. The van der Waals surface area contributed by atoms with Gasteiger partial charge in [-0.2, -0.15) is 4.98 Å². The van der Waals surface area contributed by atoms with Crippen LogP contribution in [0.5, 0.6) is 6.01 Å². The molecule has 2 N–H and O–H groups in total. The Labute approximate surface area is 190 Å². The van der Waals surface area contributed by atoms with E-state index in [2.05, 4.69) is 34.5 Å². The second kappa shape index (κ2) is 10.1. The van der Waals surface area contributed by atoms with Crippen LogP contribution in [0.3, 0.4) is 0 Å². The average Bonchev–Trinajstić information content (AvgIpc) is 3.14. The van der Waals surface area contributed by atoms with Gasteiger partial charge >= 0.3 is 6.01 Å². The van der Waals surface area contributed by atoms with Crippen molar-refractivity contribution in [2.24, 2.45) is 0 Å². The third-order valence-electron chi connectivity index (χ3n) is 4.60. The van der Waals surface area contributed by atoms with E-state index in [1.54, 1.807) is 4.68 Å². The normalized spacial score (nSPS) is 12.8. The number of hydrogen-bond donors (Lipinski definition) is 2. The summed E-state index contributed by atoms with van der Waals surface area (Å²) in [4.78, 5) is 4.62. The highest BCUT2D eigenvalue weighted by molar-refractivity contribution is 5.60. The zero-order chi connectivity index (χ0) is 23.3. The summed E-state index contributed by atoms with van der Waals surface area (Å²) in [7, 11) is 0. The summed E-state index contributed by atoms with van der Waals surface area (Å²) in [5.74, 6) is 0.719. The summed E-state index contributed by atoms with van der Waals surface area (Å²) < 4.78 is 13.2. The third-order valence-corrected chi connectivity index (χ3v) is 4.60. The zero-order valence-electron chi connectivity index (χ0n) is 19.8. The second-order valence-electron chi connectivity index (χ2n) is 9.17. The van der Waals surface area contributed by atoms with Gasteiger partial charge in [0.2, 0.25) is 0 Å². The summed E-state index contributed by atoms with van der Waals surface area (Å²) in [6, 6.07) is 16.4. The van der Waals surface area contributed by atoms with Crippen LogP contribution < -0.4 is 10.1 Å². The van der Waals surface area contributed by atoms with Crippen molar-refractivity contribution in [3.63, 3.8) is 0 Å². The van der Waals surface area contributed by atoms with E-state index >= 15 is 0 Å². The largest absolute Gasteiger partial charge is 0.460 e. The molecule has 0 saturated carbocycles. The molecule has 1 atom stereocenters. The molecule has 0 bridgehead atoms. The van der Waals surface area contributed by atoms with Crippen LogP contribution >= 0.6 is 0 Å². The molecule has 7 heteroatoms. The molecule has 0 spiro atoms. The van der Waals surface area contributed by atoms with Gasteiger partial charge < -0.3 is 19.9 Å². The number of aliphatic hydroxyl groups is 1. The van der Waals surface area contributed by atoms with Gasteiger partial charge in [-0.3, -0.25) is 0 Å². The summed E-state index contributed by atoms with van der Waals surface area (Å²) >= 11 is 0. The summed E-state index contributed by atoms with van der Waals surface area (Å²) in [6.45, 7) is 12.6. The Kier molecular flexibility index (Phi) is 7.53. The standard InChI is InChI=1S/C25H34N4O3/c1-17(2)32-24-27-23(19-9-7-18(3)8-10-19)29(28-24)21-13-11-20(12-14-21)26-15-22(30)16-31-25(4,5)6/h7-14,17,22,26,30H,15-16H2,1-6H3. The highest BCUT2D eigenvalue weighted by Crippen LogP contribution is 2.25. The fourth-order valence-corrected chi connectivity index (χ4v) is 2.98. The van der Waals surface area contributed by atoms with Gasteiger partial charge in [0.1, 0.15) is 0 Å². The molecule has 3 aromatic rings. The molecule has 1 unspecified atom stereocenters. The van der Waals surface area contributed by atoms with Gasteiger partial charge in [-0.05, 0) is 65.8 Å². The summed E-state index contributed by atoms with van der Waals surface area (Å²) in [6.07, 6.45) is -0.606. The number of hydrogen-bond acceptors (Lipinski definition) is 6. The van der Waals surface area contributed by atoms with Crippen molar-refractivity contribution in [1.82, 2.24) is 14.8 Å². The average molecular weight is 439 g/mol. The van der Waals surface area contributed by atoms with Crippen LogP contribution in [0, 0.1) is 6.92 Å². The van der Waals surface area contributed by atoms with E-state index in [9.17, 15) is 5.11 Å². The fourth-order valence-electron chi connectivity index (χ4n) is 2.98. The molecular formula is C25H34N4O3. The lowest BCUT2D eigenvalue weighted by molar-refractivity contribution is -0.0449. The molecule has 3 rings (SSSR count). The topological polar surface area (TPSA) is 81.4 Å². The van der Waals surface area contributed by atoms with Crippen molar-refractivity contribution in [1.29, 1.82) is 0 Å². The Balaban J connectivity index is 1.75. The molecule has 0 aliphatic rings. The third kappa shape index (κ3) is 6.80. The maximum Gasteiger partial charge on any atom is 0.336 e. The zero-order valence-corrected chi connectivity index (χ0v) is 19.8. The number of aryl methyl sites for hydroxylation is 1. The van der Waals surface area contributed by atoms with Crippen molar-refractivity contribution in [3.8, 4) is 23.1 Å². The van der Waals surface area contributed by atoms with Gasteiger partial charge in [0.05, 0.1) is 30.1 Å². The minimum Gasteiger partial charge on any atom is -0.460 e. The highest BCUT2D eigenvalue weighted by atomic mass is 16.5. The lowest BCUT2D eigenvalue weighted by Gasteiger charge is -2.22. The Morgan fingerprint density at radius 2 is 1.69 bits per heavy atom. The molecular weight excluding hydrogens is 404 g/mol. The van der Waals surface area contributed by atoms with Gasteiger partial charge in [-0.25, -0.2) is 4.68 Å². The first-order valence-electron chi connectivity index (χ1n) is 11.0. The molecule has 172 valence electrons. The molecule has 2 aromatic carbocycles. The first-order chi connectivity index (χ1) is 15.1. The predicted molar refractivity (Wildman–Crippen MR) is 127 cm³/mol. The number of anilines is 1. The van der Waals surface area contributed by atoms with Crippen LogP contribution in [0.25, 0.3) is 17.1 Å². The lowest BCUT2D eigenvalue weighted by atomic mass is 10.1. The number of aliphatic hydroxyl groups excluding tert-OH is 1. The number of aromatic nitrogens is 3. The summed E-state index contributed by atoms with van der Waals surface area (Å²) in [5, 5.41) is 18.0. The molecule has 0 radical (unpaired) electrons. The summed E-state index contributed by atoms with van der Waals surface area (Å²) in [5.41, 5.74) is 3.65. The van der Waals surface area contributed by atoms with Crippen molar-refractivity contribution in [3.05, 3.63) is 54.1 Å². The minimum absolute atomic E-state index is 0.0167. The van der Waals surface area contributed by atoms with E-state index in [1.807, 2.05) is 71.0 Å². The number of benzene rings is 2. The second-order valence-corrected chi connectivity index (χ2v) is 9.17. The Morgan fingerprint density at radius 3 is 2.28 bits per heavy atom. The highest BCUT2D eigenvalue weighted by Gasteiger charge is 2.16. The van der Waals surface area contributed by atoms with Crippen molar-refractivity contribution >= 4 is 5.69 Å². The molecule has 0 saturated heterocycles. The van der Waals surface area contributed by atoms with Gasteiger partial charge in [0.15, 0.2) is 5.82 Å². The van der Waals surface area contributed by atoms with E-state index in [1.165, 1.54) is 5.56 Å². The smallest absolute Gasteiger partial charge is 0.336 e. The van der Waals surface area contributed by atoms with Crippen LogP contribution in [-0.4, -0.2) is 50.8 Å². The lowest BCUT2D eigenvalue weighted by Crippen LogP contribution is -2.30. The van der Waals surface area contributed by atoms with Crippen LogP contribution in [-0.2, 0) is 4.74 Å². The van der Waals surface area contributed by atoms with Crippen molar-refractivity contribution in [2.75, 3.05) is 18.5 Å². The molecule has 0 aliphatic heterocycles. The van der Waals surface area contributed by atoms with Gasteiger partial charge in [-0.1, -0.05) is 29.8 Å². The maximum absolute atomic E-state index is 10.1. The van der Waals surface area contributed by atoms with Crippen molar-refractivity contribution < 1.29 is 14.6 Å². The van der Waals surface area contributed by atoms with Crippen molar-refractivity contribution in [2.45, 2.75) is 59.4 Å². The Morgan fingerprint density at radius 1 is 1.03 bits per heavy atom. The van der Waals surface area contributed by atoms with Crippen LogP contribution in [0.2, 0.25) is 0 Å². The SMILES string of the molecule is Cc1ccc(-c2nc(OC(C)C)nn2-c2ccc(NCC(O)COC(C)(C)C)cc2)cc1. The molecule has 32 heavy (non-hydrogen) atoms. The monoisotopic (exact) mass is 438 g/mol. The molecule has 1 aromatic heterocycles. The predicted octanol–water partition coefficient (Wildman–Crippen LogP) is 4.62. The number of ether oxygens (including phenoxy) is 2. The molecule has 1 heterocycles. The van der Waals surface area contributed by atoms with E-state index in [0.29, 0.717) is 12.6 Å². The van der Waals surface area contributed by atoms with E-state index < -0.39 is 6.10 Å². The van der Waals surface area contributed by atoms with Gasteiger partial charge in [0.25, 0.3) is 0 Å². The number of nitrogens with one attached hydrogen (secondary N) is 1. The quantitative estimate of drug-likeness (QED) is 0.507. The molecule has 7 nitrogen and oxygen atoms in total. The van der Waals surface area contributed by atoms with E-state index in [4.69, 9.17) is 9.47 Å². The molecule has 0 fully saturated rings. The van der Waals surface area contributed by atoms with Gasteiger partial charge in [0, 0.05) is 17.8 Å². The van der Waals surface area contributed by atoms with Gasteiger partial charge in [-0.15, -0.1) is 5.10 Å². The van der Waals surface area contributed by atoms with Crippen LogP contribution in [0.15, 0.2) is 48.5 Å². The van der Waals surface area contributed by atoms with E-state index in [-0.39, 0.29) is 18.3 Å². The Bertz CT molecular complexity index is 990.